The van der Waals surface area contributed by atoms with Gasteiger partial charge in [0.15, 0.2) is 5.78 Å². The van der Waals surface area contributed by atoms with E-state index in [1.54, 1.807) is 30.3 Å². The van der Waals surface area contributed by atoms with Crippen LogP contribution in [0.1, 0.15) is 33.2 Å². The van der Waals surface area contributed by atoms with Gasteiger partial charge in [-0.25, -0.2) is 4.79 Å². The number of carbonyl (C=O) groups is 2. The zero-order valence-electron chi connectivity index (χ0n) is 12.3. The fourth-order valence-corrected chi connectivity index (χ4v) is 2.28. The molecule has 5 heteroatoms. The lowest BCUT2D eigenvalue weighted by Crippen LogP contribution is -2.04. The number of methoxy groups -OCH3 is 1. The van der Waals surface area contributed by atoms with Crippen LogP contribution < -0.4 is 4.74 Å². The van der Waals surface area contributed by atoms with Crippen LogP contribution in [0.15, 0.2) is 36.4 Å². The van der Waals surface area contributed by atoms with Crippen molar-refractivity contribution in [3.05, 3.63) is 53.1 Å². The number of aliphatic hydroxyl groups is 1. The molecule has 2 N–H and O–H groups in total. The first-order valence-electron chi connectivity index (χ1n) is 6.64. The number of rotatable bonds is 5. The van der Waals surface area contributed by atoms with Crippen LogP contribution in [-0.2, 0) is 6.61 Å². The number of Topliss-reactive ketones (excluding diaryl/α,β-unsaturated/α-hetero) is 1. The Bertz CT molecular complexity index is 734. The highest BCUT2D eigenvalue weighted by Gasteiger charge is 2.17. The Hall–Kier alpha value is -2.66. The lowest BCUT2D eigenvalue weighted by molar-refractivity contribution is 0.0697. The molecule has 5 nitrogen and oxygen atoms in total. The van der Waals surface area contributed by atoms with Crippen molar-refractivity contribution in [2.45, 2.75) is 13.5 Å². The van der Waals surface area contributed by atoms with E-state index in [0.717, 1.165) is 0 Å². The molecule has 0 aliphatic rings. The molecule has 2 aromatic rings. The number of ether oxygens (including phenoxy) is 1. The summed E-state index contributed by atoms with van der Waals surface area (Å²) in [6.07, 6.45) is 0. The summed E-state index contributed by atoms with van der Waals surface area (Å²) in [6, 6.07) is 9.45. The third kappa shape index (κ3) is 2.99. The second-order valence-corrected chi connectivity index (χ2v) is 4.81. The zero-order valence-corrected chi connectivity index (χ0v) is 12.3. The molecule has 0 aliphatic carbocycles. The monoisotopic (exact) mass is 300 g/mol. The van der Waals surface area contributed by atoms with E-state index in [9.17, 15) is 19.8 Å². The summed E-state index contributed by atoms with van der Waals surface area (Å²) in [4.78, 5) is 23.3. The van der Waals surface area contributed by atoms with Crippen molar-refractivity contribution < 1.29 is 24.5 Å². The third-order valence-electron chi connectivity index (χ3n) is 3.39. The molecular formula is C17H16O5. The molecule has 0 spiro atoms. The van der Waals surface area contributed by atoms with Crippen LogP contribution in [0.4, 0.5) is 0 Å². The van der Waals surface area contributed by atoms with Gasteiger partial charge in [0.2, 0.25) is 0 Å². The lowest BCUT2D eigenvalue weighted by atomic mass is 9.92. The topological polar surface area (TPSA) is 83.8 Å². The van der Waals surface area contributed by atoms with Gasteiger partial charge >= 0.3 is 5.97 Å². The van der Waals surface area contributed by atoms with Crippen LogP contribution in [0.5, 0.6) is 5.75 Å². The van der Waals surface area contributed by atoms with Crippen molar-refractivity contribution in [3.63, 3.8) is 0 Å². The molecule has 0 unspecified atom stereocenters. The van der Waals surface area contributed by atoms with Crippen molar-refractivity contribution >= 4 is 11.8 Å². The molecule has 0 heterocycles. The summed E-state index contributed by atoms with van der Waals surface area (Å²) in [5.74, 6) is -0.770. The average Bonchev–Trinajstić information content (AvgIpc) is 2.53. The number of hydrogen-bond acceptors (Lipinski definition) is 4. The number of benzene rings is 2. The quantitative estimate of drug-likeness (QED) is 0.829. The zero-order chi connectivity index (χ0) is 16.3. The van der Waals surface area contributed by atoms with Crippen LogP contribution in [0.25, 0.3) is 11.1 Å². The minimum absolute atomic E-state index is 0.0740. The summed E-state index contributed by atoms with van der Waals surface area (Å²) < 4.78 is 5.11. The van der Waals surface area contributed by atoms with Crippen LogP contribution in [-0.4, -0.2) is 29.1 Å². The minimum Gasteiger partial charge on any atom is -0.497 e. The predicted octanol–water partition coefficient (Wildman–Crippen LogP) is 2.76. The second kappa shape index (κ2) is 6.41. The Morgan fingerprint density at radius 1 is 1.05 bits per heavy atom. The maximum Gasteiger partial charge on any atom is 0.336 e. The molecule has 0 saturated carbocycles. The summed E-state index contributed by atoms with van der Waals surface area (Å²) >= 11 is 0. The van der Waals surface area contributed by atoms with Gasteiger partial charge in [0.05, 0.1) is 19.3 Å². The molecule has 114 valence electrons. The van der Waals surface area contributed by atoms with Crippen molar-refractivity contribution in [2.75, 3.05) is 7.11 Å². The van der Waals surface area contributed by atoms with Crippen molar-refractivity contribution in [1.82, 2.24) is 0 Å². The number of carboxylic acid groups (broad SMARTS) is 1. The van der Waals surface area contributed by atoms with Gasteiger partial charge in [-0.2, -0.15) is 0 Å². The van der Waals surface area contributed by atoms with E-state index in [2.05, 4.69) is 0 Å². The summed E-state index contributed by atoms with van der Waals surface area (Å²) in [5.41, 5.74) is 1.92. The van der Waals surface area contributed by atoms with E-state index in [0.29, 0.717) is 28.0 Å². The smallest absolute Gasteiger partial charge is 0.336 e. The normalized spacial score (nSPS) is 10.3. The predicted molar refractivity (Wildman–Crippen MR) is 81.3 cm³/mol. The number of aliphatic hydroxyl groups excluding tert-OH is 1. The van der Waals surface area contributed by atoms with Gasteiger partial charge in [-0.1, -0.05) is 6.07 Å². The first-order valence-corrected chi connectivity index (χ1v) is 6.64. The van der Waals surface area contributed by atoms with E-state index in [4.69, 9.17) is 4.74 Å². The Morgan fingerprint density at radius 3 is 2.32 bits per heavy atom. The van der Waals surface area contributed by atoms with E-state index >= 15 is 0 Å². The van der Waals surface area contributed by atoms with Gasteiger partial charge in [-0.3, -0.25) is 4.79 Å². The summed E-state index contributed by atoms with van der Waals surface area (Å²) in [7, 11) is 1.49. The lowest BCUT2D eigenvalue weighted by Gasteiger charge is -2.13. The molecule has 0 radical (unpaired) electrons. The van der Waals surface area contributed by atoms with Crippen LogP contribution >= 0.6 is 0 Å². The number of aromatic carboxylic acids is 1. The Kier molecular flexibility index (Phi) is 4.58. The van der Waals surface area contributed by atoms with Gasteiger partial charge in [-0.15, -0.1) is 0 Å². The number of hydrogen-bond donors (Lipinski definition) is 2. The third-order valence-corrected chi connectivity index (χ3v) is 3.39. The van der Waals surface area contributed by atoms with Crippen molar-refractivity contribution in [2.24, 2.45) is 0 Å². The largest absolute Gasteiger partial charge is 0.497 e. The van der Waals surface area contributed by atoms with Gasteiger partial charge in [0.25, 0.3) is 0 Å². The van der Waals surface area contributed by atoms with E-state index < -0.39 is 5.97 Å². The van der Waals surface area contributed by atoms with Crippen molar-refractivity contribution in [1.29, 1.82) is 0 Å². The molecule has 0 saturated heterocycles. The first-order chi connectivity index (χ1) is 10.5. The molecule has 0 aromatic heterocycles. The second-order valence-electron chi connectivity index (χ2n) is 4.81. The molecular weight excluding hydrogens is 284 g/mol. The number of ketones is 1. The SMILES string of the molecule is COc1ccc(-c2cc(CO)ccc2C(=O)O)c(C(C)=O)c1. The van der Waals surface area contributed by atoms with Crippen LogP contribution in [0.3, 0.4) is 0 Å². The Labute approximate surface area is 127 Å². The van der Waals surface area contributed by atoms with E-state index in [1.165, 1.54) is 20.1 Å². The summed E-state index contributed by atoms with van der Waals surface area (Å²) in [6.45, 7) is 1.20. The fraction of sp³-hybridized carbons (Fsp3) is 0.176. The first kappa shape index (κ1) is 15.7. The maximum atomic E-state index is 11.9. The molecule has 2 aromatic carbocycles. The fourth-order valence-electron chi connectivity index (χ4n) is 2.28. The van der Waals surface area contributed by atoms with Crippen LogP contribution in [0, 0.1) is 0 Å². The van der Waals surface area contributed by atoms with Gasteiger partial charge in [-0.05, 0) is 53.9 Å². The van der Waals surface area contributed by atoms with Crippen LogP contribution in [0.2, 0.25) is 0 Å². The number of carbonyl (C=O) groups excluding carboxylic acids is 1. The van der Waals surface area contributed by atoms with E-state index in [-0.39, 0.29) is 18.0 Å². The molecule has 0 amide bonds. The van der Waals surface area contributed by atoms with Crippen molar-refractivity contribution in [3.8, 4) is 16.9 Å². The van der Waals surface area contributed by atoms with Gasteiger partial charge < -0.3 is 14.9 Å². The molecule has 0 fully saturated rings. The minimum atomic E-state index is -1.09. The Balaban J connectivity index is 2.74. The number of carboxylic acids is 1. The highest BCUT2D eigenvalue weighted by molar-refractivity contribution is 6.05. The molecule has 0 bridgehead atoms. The average molecular weight is 300 g/mol. The van der Waals surface area contributed by atoms with E-state index in [1.807, 2.05) is 0 Å². The maximum absolute atomic E-state index is 11.9. The molecule has 2 rings (SSSR count). The summed E-state index contributed by atoms with van der Waals surface area (Å²) in [5, 5.41) is 18.6. The van der Waals surface area contributed by atoms with Gasteiger partial charge in [0, 0.05) is 5.56 Å². The molecule has 0 atom stereocenters. The standard InChI is InChI=1S/C17H16O5/c1-10(19)15-8-12(22-2)4-6-13(15)16-7-11(9-18)3-5-14(16)17(20)21/h3-8,18H,9H2,1-2H3,(H,20,21). The molecule has 22 heavy (non-hydrogen) atoms. The molecule has 0 aliphatic heterocycles. The van der Waals surface area contributed by atoms with Gasteiger partial charge in [0.1, 0.15) is 5.75 Å². The highest BCUT2D eigenvalue weighted by atomic mass is 16.5. The highest BCUT2D eigenvalue weighted by Crippen LogP contribution is 2.31. The Morgan fingerprint density at radius 2 is 1.77 bits per heavy atom.